The van der Waals surface area contributed by atoms with Gasteiger partial charge in [0.05, 0.1) is 34.7 Å². The Morgan fingerprint density at radius 1 is 1.14 bits per heavy atom. The number of benzene rings is 2. The minimum absolute atomic E-state index is 0.0655. The monoisotopic (exact) mass is 420 g/mol. The molecule has 0 spiro atoms. The van der Waals surface area contributed by atoms with Crippen LogP contribution in [0.4, 0.5) is 0 Å². The number of carbonyl (C=O) groups excluding carboxylic acids is 1. The number of fused-ring (bicyclic) bond motifs is 1. The number of amides is 1. The van der Waals surface area contributed by atoms with Crippen LogP contribution in [-0.2, 0) is 21.2 Å². The van der Waals surface area contributed by atoms with Crippen molar-refractivity contribution >= 4 is 27.5 Å². The predicted molar refractivity (Wildman–Crippen MR) is 106 cm³/mol. The van der Waals surface area contributed by atoms with E-state index in [0.29, 0.717) is 26.3 Å². The van der Waals surface area contributed by atoms with Crippen molar-refractivity contribution in [2.75, 3.05) is 26.3 Å². The van der Waals surface area contributed by atoms with Gasteiger partial charge < -0.3 is 10.1 Å². The number of carbonyl (C=O) groups is 1. The second kappa shape index (κ2) is 7.83. The summed E-state index contributed by atoms with van der Waals surface area (Å²) in [6.07, 6.45) is 1.72. The standard InChI is InChI=1S/C20H21ClN2O4S/c21-18-7-6-15(28(25,26)23-9-11-27-12-10-23)13-17(18)20(24)22-19-8-5-14-3-1-2-4-16(14)19/h1-4,6-7,13,19H,5,8-12H2,(H,22,24)/t19-/m0/s1. The summed E-state index contributed by atoms with van der Waals surface area (Å²) in [5, 5.41) is 3.23. The van der Waals surface area contributed by atoms with Crippen LogP contribution >= 0.6 is 11.6 Å². The van der Waals surface area contributed by atoms with Crippen LogP contribution in [0, 0.1) is 0 Å². The number of nitrogens with one attached hydrogen (secondary N) is 1. The van der Waals surface area contributed by atoms with Gasteiger partial charge in [-0.1, -0.05) is 35.9 Å². The number of ether oxygens (including phenoxy) is 1. The first-order valence-electron chi connectivity index (χ1n) is 9.23. The van der Waals surface area contributed by atoms with E-state index in [9.17, 15) is 13.2 Å². The van der Waals surface area contributed by atoms with E-state index >= 15 is 0 Å². The Hall–Kier alpha value is -1.93. The third kappa shape index (κ3) is 3.67. The SMILES string of the molecule is O=C(N[C@H]1CCc2ccccc21)c1cc(S(=O)(=O)N2CCOCC2)ccc1Cl. The van der Waals surface area contributed by atoms with Crippen molar-refractivity contribution in [3.63, 3.8) is 0 Å². The number of sulfonamides is 1. The molecule has 2 aromatic carbocycles. The van der Waals surface area contributed by atoms with Gasteiger partial charge in [0.1, 0.15) is 0 Å². The summed E-state index contributed by atoms with van der Waals surface area (Å²) in [6, 6.07) is 12.2. The lowest BCUT2D eigenvalue weighted by molar-refractivity contribution is 0.0730. The number of hydrogen-bond acceptors (Lipinski definition) is 4. The average Bonchev–Trinajstić information content (AvgIpc) is 3.11. The van der Waals surface area contributed by atoms with Crippen LogP contribution in [0.1, 0.15) is 33.9 Å². The number of aryl methyl sites for hydroxylation is 1. The normalized spacial score (nSPS) is 20.0. The summed E-state index contributed by atoms with van der Waals surface area (Å²) in [7, 11) is -3.70. The highest BCUT2D eigenvalue weighted by atomic mass is 35.5. The van der Waals surface area contributed by atoms with Gasteiger partial charge in [0.15, 0.2) is 0 Å². The molecule has 1 aliphatic carbocycles. The zero-order chi connectivity index (χ0) is 19.7. The van der Waals surface area contributed by atoms with E-state index in [0.717, 1.165) is 18.4 Å². The van der Waals surface area contributed by atoms with Gasteiger partial charge in [-0.05, 0) is 42.2 Å². The quantitative estimate of drug-likeness (QED) is 0.825. The Bertz CT molecular complexity index is 1000. The molecular weight excluding hydrogens is 400 g/mol. The van der Waals surface area contributed by atoms with Crippen LogP contribution < -0.4 is 5.32 Å². The number of rotatable bonds is 4. The predicted octanol–water partition coefficient (Wildman–Crippen LogP) is 2.78. The molecule has 1 aliphatic heterocycles. The maximum atomic E-state index is 12.9. The van der Waals surface area contributed by atoms with Gasteiger partial charge in [-0.2, -0.15) is 4.31 Å². The van der Waals surface area contributed by atoms with Crippen molar-refractivity contribution in [2.45, 2.75) is 23.8 Å². The molecule has 6 nitrogen and oxygen atoms in total. The maximum absolute atomic E-state index is 12.9. The smallest absolute Gasteiger partial charge is 0.253 e. The fourth-order valence-electron chi connectivity index (χ4n) is 3.72. The first-order valence-corrected chi connectivity index (χ1v) is 11.0. The van der Waals surface area contributed by atoms with Gasteiger partial charge in [-0.15, -0.1) is 0 Å². The third-order valence-corrected chi connectivity index (χ3v) is 7.45. The van der Waals surface area contributed by atoms with Crippen LogP contribution in [0.3, 0.4) is 0 Å². The minimum atomic E-state index is -3.70. The van der Waals surface area contributed by atoms with Gasteiger partial charge in [0.25, 0.3) is 5.91 Å². The number of morpholine rings is 1. The third-order valence-electron chi connectivity index (χ3n) is 5.23. The lowest BCUT2D eigenvalue weighted by Crippen LogP contribution is -2.40. The topological polar surface area (TPSA) is 75.7 Å². The van der Waals surface area contributed by atoms with E-state index in [1.165, 1.54) is 28.1 Å². The molecule has 1 amide bonds. The molecule has 1 N–H and O–H groups in total. The van der Waals surface area contributed by atoms with Crippen LogP contribution in [0.5, 0.6) is 0 Å². The summed E-state index contributed by atoms with van der Waals surface area (Å²) in [5.41, 5.74) is 2.49. The zero-order valence-electron chi connectivity index (χ0n) is 15.2. The Morgan fingerprint density at radius 2 is 1.89 bits per heavy atom. The highest BCUT2D eigenvalue weighted by Crippen LogP contribution is 2.31. The Kier molecular flexibility index (Phi) is 5.42. The second-order valence-corrected chi connectivity index (χ2v) is 9.27. The molecule has 1 atom stereocenters. The van der Waals surface area contributed by atoms with Gasteiger partial charge in [-0.3, -0.25) is 4.79 Å². The fraction of sp³-hybridized carbons (Fsp3) is 0.350. The molecular formula is C20H21ClN2O4S. The zero-order valence-corrected chi connectivity index (χ0v) is 16.8. The summed E-state index contributed by atoms with van der Waals surface area (Å²) in [5.74, 6) is -0.370. The molecule has 0 aromatic heterocycles. The van der Waals surface area contributed by atoms with Crippen LogP contribution in [0.25, 0.3) is 0 Å². The average molecular weight is 421 g/mol. The summed E-state index contributed by atoms with van der Waals surface area (Å²) >= 11 is 6.22. The lowest BCUT2D eigenvalue weighted by atomic mass is 10.1. The van der Waals surface area contributed by atoms with Crippen LogP contribution in [0.2, 0.25) is 5.02 Å². The molecule has 0 unspecified atom stereocenters. The largest absolute Gasteiger partial charge is 0.379 e. The van der Waals surface area contributed by atoms with E-state index in [4.69, 9.17) is 16.3 Å². The molecule has 148 valence electrons. The fourth-order valence-corrected chi connectivity index (χ4v) is 5.36. The summed E-state index contributed by atoms with van der Waals surface area (Å²) < 4.78 is 32.3. The Balaban J connectivity index is 1.58. The molecule has 2 aromatic rings. The van der Waals surface area contributed by atoms with Crippen LogP contribution in [-0.4, -0.2) is 44.9 Å². The van der Waals surface area contributed by atoms with Crippen molar-refractivity contribution in [2.24, 2.45) is 0 Å². The van der Waals surface area contributed by atoms with Crippen molar-refractivity contribution in [3.8, 4) is 0 Å². The summed E-state index contributed by atoms with van der Waals surface area (Å²) in [4.78, 5) is 12.9. The molecule has 8 heteroatoms. The van der Waals surface area contributed by atoms with E-state index in [2.05, 4.69) is 11.4 Å². The van der Waals surface area contributed by atoms with E-state index in [1.54, 1.807) is 0 Å². The Morgan fingerprint density at radius 3 is 2.68 bits per heavy atom. The second-order valence-electron chi connectivity index (χ2n) is 6.92. The molecule has 0 saturated carbocycles. The minimum Gasteiger partial charge on any atom is -0.379 e. The van der Waals surface area contributed by atoms with Crippen molar-refractivity contribution in [1.29, 1.82) is 0 Å². The van der Waals surface area contributed by atoms with Gasteiger partial charge in [0, 0.05) is 13.1 Å². The highest BCUT2D eigenvalue weighted by molar-refractivity contribution is 7.89. The molecule has 28 heavy (non-hydrogen) atoms. The molecule has 2 aliphatic rings. The van der Waals surface area contributed by atoms with Crippen molar-refractivity contribution in [1.82, 2.24) is 9.62 Å². The molecule has 0 bridgehead atoms. The van der Waals surface area contributed by atoms with Crippen molar-refractivity contribution in [3.05, 3.63) is 64.2 Å². The molecule has 1 heterocycles. The van der Waals surface area contributed by atoms with Gasteiger partial charge in [-0.25, -0.2) is 8.42 Å². The van der Waals surface area contributed by atoms with Gasteiger partial charge >= 0.3 is 0 Å². The van der Waals surface area contributed by atoms with E-state index in [1.807, 2.05) is 18.2 Å². The molecule has 1 fully saturated rings. The summed E-state index contributed by atoms with van der Waals surface area (Å²) in [6.45, 7) is 1.32. The van der Waals surface area contributed by atoms with E-state index < -0.39 is 10.0 Å². The van der Waals surface area contributed by atoms with Crippen molar-refractivity contribution < 1.29 is 17.9 Å². The number of halogens is 1. The van der Waals surface area contributed by atoms with Gasteiger partial charge in [0.2, 0.25) is 10.0 Å². The molecule has 1 saturated heterocycles. The first kappa shape index (κ1) is 19.4. The molecule has 0 radical (unpaired) electrons. The van der Waals surface area contributed by atoms with E-state index in [-0.39, 0.29) is 27.4 Å². The number of nitrogens with zero attached hydrogens (tertiary/aromatic N) is 1. The van der Waals surface area contributed by atoms with Crippen LogP contribution in [0.15, 0.2) is 47.4 Å². The lowest BCUT2D eigenvalue weighted by Gasteiger charge is -2.26. The Labute approximate surface area is 169 Å². The maximum Gasteiger partial charge on any atom is 0.253 e. The first-order chi connectivity index (χ1) is 13.5. The molecule has 4 rings (SSSR count). The number of hydrogen-bond donors (Lipinski definition) is 1. The highest BCUT2D eigenvalue weighted by Gasteiger charge is 2.29.